The fourth-order valence-electron chi connectivity index (χ4n) is 4.70. The van der Waals surface area contributed by atoms with Crippen LogP contribution in [0.15, 0.2) is 36.4 Å². The first-order valence-corrected chi connectivity index (χ1v) is 11.9. The predicted octanol–water partition coefficient (Wildman–Crippen LogP) is 5.83. The smallest absolute Gasteiger partial charge is 0.396 e. The van der Waals surface area contributed by atoms with Crippen molar-refractivity contribution in [1.29, 1.82) is 0 Å². The number of halogens is 3. The largest absolute Gasteiger partial charge is 0.416 e. The minimum Gasteiger partial charge on any atom is -0.396 e. The van der Waals surface area contributed by atoms with Crippen molar-refractivity contribution in [3.8, 4) is 0 Å². The lowest BCUT2D eigenvalue weighted by molar-refractivity contribution is -0.137. The number of hydrogen-bond acceptors (Lipinski definition) is 4. The zero-order valence-corrected chi connectivity index (χ0v) is 18.5. The minimum absolute atomic E-state index is 0.000740. The molecule has 4 rings (SSSR count). The first-order chi connectivity index (χ1) is 14.9. The molecule has 1 unspecified atom stereocenters. The van der Waals surface area contributed by atoms with Crippen LogP contribution in [0.1, 0.15) is 59.1 Å². The first-order valence-electron chi connectivity index (χ1n) is 11.1. The van der Waals surface area contributed by atoms with Gasteiger partial charge in [0.2, 0.25) is 0 Å². The maximum Gasteiger partial charge on any atom is 0.416 e. The number of thiophene rings is 1. The quantitative estimate of drug-likeness (QED) is 0.598. The summed E-state index contributed by atoms with van der Waals surface area (Å²) in [6, 6.07) is 9.90. The second-order valence-electron chi connectivity index (χ2n) is 8.97. The number of benzene rings is 1. The van der Waals surface area contributed by atoms with Gasteiger partial charge in [-0.2, -0.15) is 13.2 Å². The van der Waals surface area contributed by atoms with Crippen LogP contribution in [0.5, 0.6) is 0 Å². The molecule has 0 spiro atoms. The Balaban J connectivity index is 1.34. The van der Waals surface area contributed by atoms with Crippen molar-refractivity contribution in [2.24, 2.45) is 5.41 Å². The number of rotatable bonds is 6. The van der Waals surface area contributed by atoms with Crippen LogP contribution in [-0.4, -0.2) is 36.3 Å². The van der Waals surface area contributed by atoms with Crippen LogP contribution in [0.4, 0.5) is 13.2 Å². The fraction of sp³-hybridized carbons (Fsp3) is 0.583. The van der Waals surface area contributed by atoms with Crippen LogP contribution in [0.25, 0.3) is 0 Å². The molecule has 0 aliphatic carbocycles. The summed E-state index contributed by atoms with van der Waals surface area (Å²) >= 11 is 1.82. The Morgan fingerprint density at radius 3 is 2.61 bits per heavy atom. The van der Waals surface area contributed by atoms with Gasteiger partial charge in [-0.05, 0) is 80.8 Å². The number of aliphatic hydroxyl groups excluding tert-OH is 1. The Bertz CT molecular complexity index is 853. The molecular weight excluding hydrogens is 423 g/mol. The highest BCUT2D eigenvalue weighted by Gasteiger charge is 2.36. The fourth-order valence-corrected chi connectivity index (χ4v) is 5.84. The number of ether oxygens (including phenoxy) is 1. The van der Waals surface area contributed by atoms with E-state index in [4.69, 9.17) is 4.74 Å². The molecule has 2 fully saturated rings. The van der Waals surface area contributed by atoms with E-state index < -0.39 is 11.7 Å². The molecule has 170 valence electrons. The van der Waals surface area contributed by atoms with Crippen LogP contribution >= 0.6 is 11.3 Å². The van der Waals surface area contributed by atoms with E-state index in [0.29, 0.717) is 12.0 Å². The van der Waals surface area contributed by atoms with E-state index in [-0.39, 0.29) is 18.1 Å². The van der Waals surface area contributed by atoms with E-state index in [1.807, 2.05) is 11.3 Å². The number of piperidine rings is 1. The van der Waals surface area contributed by atoms with Gasteiger partial charge < -0.3 is 9.84 Å². The standard InChI is InChI=1S/C24H30F3NO2S/c25-24(26,27)19-5-3-4-18(14-19)15-23(17-29)9-11-28(12-10-23)16-20-7-8-22(31-20)21-6-1-2-13-30-21/h3-5,7-8,14,21,29H,1-2,6,9-13,15-17H2. The molecule has 2 saturated heterocycles. The van der Waals surface area contributed by atoms with Crippen LogP contribution in [0.2, 0.25) is 0 Å². The summed E-state index contributed by atoms with van der Waals surface area (Å²) < 4.78 is 45.0. The molecule has 1 aromatic carbocycles. The molecular formula is C24H30F3NO2S. The van der Waals surface area contributed by atoms with Crippen molar-refractivity contribution in [1.82, 2.24) is 4.90 Å². The van der Waals surface area contributed by atoms with Crippen molar-refractivity contribution in [3.05, 3.63) is 57.3 Å². The molecule has 7 heteroatoms. The Morgan fingerprint density at radius 1 is 1.13 bits per heavy atom. The second-order valence-corrected chi connectivity index (χ2v) is 10.2. The average Bonchev–Trinajstić information content (AvgIpc) is 3.24. The molecule has 2 aromatic rings. The highest BCUT2D eigenvalue weighted by molar-refractivity contribution is 7.12. The van der Waals surface area contributed by atoms with Crippen molar-refractivity contribution in [3.63, 3.8) is 0 Å². The number of likely N-dealkylation sites (tertiary alicyclic amines) is 1. The summed E-state index contributed by atoms with van der Waals surface area (Å²) in [7, 11) is 0. The van der Waals surface area contributed by atoms with Crippen molar-refractivity contribution in [2.75, 3.05) is 26.3 Å². The molecule has 1 N–H and O–H groups in total. The van der Waals surface area contributed by atoms with E-state index in [1.165, 1.54) is 28.3 Å². The molecule has 1 aromatic heterocycles. The molecule has 3 heterocycles. The van der Waals surface area contributed by atoms with Crippen LogP contribution in [0, 0.1) is 5.41 Å². The van der Waals surface area contributed by atoms with Gasteiger partial charge in [-0.25, -0.2) is 0 Å². The van der Waals surface area contributed by atoms with Gasteiger partial charge >= 0.3 is 6.18 Å². The summed E-state index contributed by atoms with van der Waals surface area (Å²) in [4.78, 5) is 5.01. The van der Waals surface area contributed by atoms with Crippen molar-refractivity contribution in [2.45, 2.75) is 57.3 Å². The average molecular weight is 454 g/mol. The highest BCUT2D eigenvalue weighted by atomic mass is 32.1. The third-order valence-electron chi connectivity index (χ3n) is 6.64. The maximum atomic E-state index is 13.0. The molecule has 0 bridgehead atoms. The third kappa shape index (κ3) is 5.69. The Kier molecular flexibility index (Phi) is 7.06. The van der Waals surface area contributed by atoms with Gasteiger partial charge in [0.05, 0.1) is 11.7 Å². The zero-order chi connectivity index (χ0) is 21.9. The molecule has 3 nitrogen and oxygen atoms in total. The molecule has 2 aliphatic rings. The molecule has 2 aliphatic heterocycles. The summed E-state index contributed by atoms with van der Waals surface area (Å²) in [6.45, 7) is 3.40. The number of alkyl halides is 3. The molecule has 0 amide bonds. The molecule has 1 atom stereocenters. The Morgan fingerprint density at radius 2 is 1.94 bits per heavy atom. The highest BCUT2D eigenvalue weighted by Crippen LogP contribution is 2.38. The number of aliphatic hydroxyl groups is 1. The SMILES string of the molecule is OCC1(Cc2cccc(C(F)(F)F)c2)CCN(Cc2ccc(C3CCCCO3)s2)CC1. The summed E-state index contributed by atoms with van der Waals surface area (Å²) in [5.74, 6) is 0. The third-order valence-corrected chi connectivity index (χ3v) is 7.81. The molecule has 0 saturated carbocycles. The van der Waals surface area contributed by atoms with Gasteiger partial charge in [0, 0.05) is 29.5 Å². The lowest BCUT2D eigenvalue weighted by Crippen LogP contribution is -2.42. The lowest BCUT2D eigenvalue weighted by Gasteiger charge is -2.41. The van der Waals surface area contributed by atoms with Gasteiger partial charge in [0.15, 0.2) is 0 Å². The zero-order valence-electron chi connectivity index (χ0n) is 17.7. The van der Waals surface area contributed by atoms with Gasteiger partial charge in [0.25, 0.3) is 0 Å². The predicted molar refractivity (Wildman–Crippen MR) is 116 cm³/mol. The van der Waals surface area contributed by atoms with E-state index in [0.717, 1.165) is 58.0 Å². The van der Waals surface area contributed by atoms with Crippen molar-refractivity contribution >= 4 is 11.3 Å². The lowest BCUT2D eigenvalue weighted by atomic mass is 9.74. The van der Waals surface area contributed by atoms with E-state index >= 15 is 0 Å². The normalized spacial score (nSPS) is 22.5. The van der Waals surface area contributed by atoms with E-state index in [2.05, 4.69) is 17.0 Å². The van der Waals surface area contributed by atoms with Gasteiger partial charge in [0.1, 0.15) is 0 Å². The monoisotopic (exact) mass is 453 g/mol. The second kappa shape index (κ2) is 9.61. The summed E-state index contributed by atoms with van der Waals surface area (Å²) in [6.07, 6.45) is 1.40. The van der Waals surface area contributed by atoms with E-state index in [9.17, 15) is 18.3 Å². The molecule has 31 heavy (non-hydrogen) atoms. The maximum absolute atomic E-state index is 13.0. The Hall–Kier alpha value is -1.41. The van der Waals surface area contributed by atoms with Crippen LogP contribution in [-0.2, 0) is 23.9 Å². The van der Waals surface area contributed by atoms with Gasteiger partial charge in [-0.3, -0.25) is 4.90 Å². The topological polar surface area (TPSA) is 32.7 Å². The van der Waals surface area contributed by atoms with Crippen LogP contribution < -0.4 is 0 Å². The van der Waals surface area contributed by atoms with Crippen molar-refractivity contribution < 1.29 is 23.0 Å². The minimum atomic E-state index is -4.34. The van der Waals surface area contributed by atoms with E-state index in [1.54, 1.807) is 6.07 Å². The summed E-state index contributed by atoms with van der Waals surface area (Å²) in [5.41, 5.74) is -0.323. The molecule has 0 radical (unpaired) electrons. The first kappa shape index (κ1) is 22.8. The van der Waals surface area contributed by atoms with Crippen LogP contribution in [0.3, 0.4) is 0 Å². The number of nitrogens with zero attached hydrogens (tertiary/aromatic N) is 1. The number of hydrogen-bond donors (Lipinski definition) is 1. The summed E-state index contributed by atoms with van der Waals surface area (Å²) in [5, 5.41) is 10.1. The van der Waals surface area contributed by atoms with Gasteiger partial charge in [-0.15, -0.1) is 11.3 Å². The van der Waals surface area contributed by atoms with Gasteiger partial charge in [-0.1, -0.05) is 18.2 Å². The Labute approximate surface area is 185 Å².